The van der Waals surface area contributed by atoms with E-state index in [-0.39, 0.29) is 5.82 Å². The molecule has 0 amide bonds. The molecule has 5 N–H and O–H groups in total. The van der Waals surface area contributed by atoms with Crippen LogP contribution in [0.3, 0.4) is 0 Å². The van der Waals surface area contributed by atoms with Gasteiger partial charge in [-0.05, 0) is 51.9 Å². The molecule has 0 aliphatic heterocycles. The average Bonchev–Trinajstić information content (AvgIpc) is 3.20. The van der Waals surface area contributed by atoms with Gasteiger partial charge >= 0.3 is 0 Å². The van der Waals surface area contributed by atoms with Crippen molar-refractivity contribution in [1.29, 1.82) is 5.41 Å². The molecule has 0 aliphatic carbocycles. The highest BCUT2D eigenvalue weighted by atomic mass is 35.5. The van der Waals surface area contributed by atoms with Gasteiger partial charge in [-0.2, -0.15) is 5.10 Å². The molecule has 2 heterocycles. The fourth-order valence-electron chi connectivity index (χ4n) is 4.06. The van der Waals surface area contributed by atoms with Crippen LogP contribution in [0.4, 0.5) is 5.82 Å². The number of nitrogen functional groups attached to an aromatic ring is 1. The highest BCUT2D eigenvalue weighted by Gasteiger charge is 2.28. The predicted molar refractivity (Wildman–Crippen MR) is 141 cm³/mol. The molecule has 3 aromatic rings. The lowest BCUT2D eigenvalue weighted by Crippen LogP contribution is -2.23. The summed E-state index contributed by atoms with van der Waals surface area (Å²) >= 11 is 6.63. The Kier molecular flexibility index (Phi) is 8.26. The minimum absolute atomic E-state index is 0.272. The second-order valence-corrected chi connectivity index (χ2v) is 8.53. The van der Waals surface area contributed by atoms with Crippen LogP contribution in [-0.4, -0.2) is 43.7 Å². The minimum Gasteiger partial charge on any atom is -0.493 e. The number of halogens is 1. The molecule has 0 saturated carbocycles. The normalized spacial score (nSPS) is 13.6. The first-order chi connectivity index (χ1) is 16.7. The van der Waals surface area contributed by atoms with E-state index in [4.69, 9.17) is 32.6 Å². The van der Waals surface area contributed by atoms with Crippen molar-refractivity contribution in [2.75, 3.05) is 18.9 Å². The maximum atomic E-state index is 10.9. The van der Waals surface area contributed by atoms with E-state index in [1.807, 2.05) is 33.8 Å². The van der Waals surface area contributed by atoms with Gasteiger partial charge in [-0.25, -0.2) is 14.6 Å². The molecule has 0 spiro atoms. The number of nitrogens with zero attached hydrogens (tertiary/aromatic N) is 4. The zero-order valence-corrected chi connectivity index (χ0v) is 21.4. The molecule has 0 saturated heterocycles. The molecular formula is C25H32ClN7O2. The van der Waals surface area contributed by atoms with Gasteiger partial charge in [-0.15, -0.1) is 0 Å². The third-order valence-electron chi connectivity index (χ3n) is 5.71. The molecule has 2 atom stereocenters. The van der Waals surface area contributed by atoms with Crippen molar-refractivity contribution in [1.82, 2.24) is 25.1 Å². The maximum absolute atomic E-state index is 10.9. The second-order valence-electron chi connectivity index (χ2n) is 8.12. The number of anilines is 1. The van der Waals surface area contributed by atoms with Crippen LogP contribution in [0.25, 0.3) is 16.6 Å². The van der Waals surface area contributed by atoms with Crippen LogP contribution >= 0.6 is 11.6 Å². The Morgan fingerprint density at radius 2 is 2.11 bits per heavy atom. The molecular weight excluding hydrogens is 466 g/mol. The number of ether oxygens (including phenoxy) is 1. The quantitative estimate of drug-likeness (QED) is 0.183. The molecule has 0 fully saturated rings. The van der Waals surface area contributed by atoms with Crippen LogP contribution in [0.5, 0.6) is 5.75 Å². The molecule has 1 aromatic carbocycles. The van der Waals surface area contributed by atoms with Crippen LogP contribution in [0.2, 0.25) is 5.02 Å². The number of rotatable bonds is 10. The van der Waals surface area contributed by atoms with E-state index in [2.05, 4.69) is 21.9 Å². The average molecular weight is 498 g/mol. The first-order valence-electron chi connectivity index (χ1n) is 11.4. The number of hydrogen-bond acceptors (Lipinski definition) is 8. The summed E-state index contributed by atoms with van der Waals surface area (Å²) in [5.74, 6) is 0.812. The second kappa shape index (κ2) is 11.0. The van der Waals surface area contributed by atoms with E-state index < -0.39 is 12.3 Å². The number of hydrogen-bond donors (Lipinski definition) is 4. The van der Waals surface area contributed by atoms with E-state index in [1.54, 1.807) is 23.8 Å². The monoisotopic (exact) mass is 497 g/mol. The van der Waals surface area contributed by atoms with Crippen molar-refractivity contribution >= 4 is 39.7 Å². The molecule has 35 heavy (non-hydrogen) atoms. The highest BCUT2D eigenvalue weighted by Crippen LogP contribution is 2.41. The largest absolute Gasteiger partial charge is 0.493 e. The lowest BCUT2D eigenvalue weighted by molar-refractivity contribution is 0.136. The smallest absolute Gasteiger partial charge is 0.164 e. The Morgan fingerprint density at radius 3 is 2.71 bits per heavy atom. The number of fused-ring (bicyclic) bond motifs is 1. The lowest BCUT2D eigenvalue weighted by atomic mass is 9.97. The highest BCUT2D eigenvalue weighted by molar-refractivity contribution is 6.31. The number of nitrogens with two attached hydrogens (primary N) is 1. The molecule has 3 rings (SSSR count). The molecule has 2 aromatic heterocycles. The summed E-state index contributed by atoms with van der Waals surface area (Å²) in [7, 11) is 0. The van der Waals surface area contributed by atoms with Gasteiger partial charge in [0.25, 0.3) is 0 Å². The molecule has 0 radical (unpaired) electrons. The maximum Gasteiger partial charge on any atom is 0.164 e. The summed E-state index contributed by atoms with van der Waals surface area (Å²) < 4.78 is 7.79. The van der Waals surface area contributed by atoms with E-state index in [0.717, 1.165) is 11.1 Å². The fraction of sp³-hybridized carbons (Fsp3) is 0.360. The summed E-state index contributed by atoms with van der Waals surface area (Å²) in [4.78, 5) is 8.62. The molecule has 186 valence electrons. The first kappa shape index (κ1) is 26.3. The number of benzene rings is 1. The minimum atomic E-state index is -0.958. The Bertz CT molecular complexity index is 1300. The number of aliphatic hydroxyl groups excluding tert-OH is 1. The third-order valence-corrected chi connectivity index (χ3v) is 6.10. The van der Waals surface area contributed by atoms with Crippen molar-refractivity contribution in [2.24, 2.45) is 0 Å². The summed E-state index contributed by atoms with van der Waals surface area (Å²) in [6.07, 6.45) is 3.72. The van der Waals surface area contributed by atoms with E-state index in [9.17, 15) is 5.11 Å². The molecule has 0 bridgehead atoms. The summed E-state index contributed by atoms with van der Waals surface area (Å²) in [6, 6.07) is 1.43. The van der Waals surface area contributed by atoms with Crippen LogP contribution in [0.15, 0.2) is 31.1 Å². The third kappa shape index (κ3) is 5.07. The Morgan fingerprint density at radius 1 is 1.40 bits per heavy atom. The van der Waals surface area contributed by atoms with Gasteiger partial charge < -0.3 is 21.0 Å². The molecule has 0 aliphatic rings. The number of aromatic nitrogens is 4. The predicted octanol–water partition coefficient (Wildman–Crippen LogP) is 4.59. The molecule has 10 heteroatoms. The zero-order valence-electron chi connectivity index (χ0n) is 20.7. The van der Waals surface area contributed by atoms with Crippen molar-refractivity contribution in [2.45, 2.75) is 46.9 Å². The van der Waals surface area contributed by atoms with E-state index in [0.29, 0.717) is 57.5 Å². The Hall–Kier alpha value is -3.27. The number of nitrogens with one attached hydrogen (secondary N) is 2. The summed E-state index contributed by atoms with van der Waals surface area (Å²) in [5, 5.41) is 27.7. The van der Waals surface area contributed by atoms with Gasteiger partial charge in [0.2, 0.25) is 0 Å². The SMILES string of the molecule is C=C/C(=C\C(C)=N)c1nn(C(C)c2cc(Cl)c(C)c(C(O)NCC)c2OCC)c2ncnc(N)c12. The van der Waals surface area contributed by atoms with E-state index >= 15 is 0 Å². The van der Waals surface area contributed by atoms with Gasteiger partial charge in [0.15, 0.2) is 5.65 Å². The summed E-state index contributed by atoms with van der Waals surface area (Å²) in [5.41, 5.74) is 10.3. The van der Waals surface area contributed by atoms with Crippen LogP contribution in [0, 0.1) is 12.3 Å². The van der Waals surface area contributed by atoms with Crippen molar-refractivity contribution in [3.63, 3.8) is 0 Å². The van der Waals surface area contributed by atoms with Gasteiger partial charge in [-0.3, -0.25) is 5.32 Å². The molecule has 9 nitrogen and oxygen atoms in total. The van der Waals surface area contributed by atoms with Crippen molar-refractivity contribution in [3.8, 4) is 5.75 Å². The van der Waals surface area contributed by atoms with Gasteiger partial charge in [0, 0.05) is 27.4 Å². The van der Waals surface area contributed by atoms with E-state index in [1.165, 1.54) is 6.33 Å². The zero-order chi connectivity index (χ0) is 25.9. The topological polar surface area (TPSA) is 135 Å². The number of allylic oxidation sites excluding steroid dienone is 3. The Labute approximate surface area is 210 Å². The van der Waals surface area contributed by atoms with Gasteiger partial charge in [-0.1, -0.05) is 31.2 Å². The van der Waals surface area contributed by atoms with Gasteiger partial charge in [0.1, 0.15) is 29.8 Å². The van der Waals surface area contributed by atoms with Crippen molar-refractivity contribution in [3.05, 3.63) is 58.5 Å². The number of aliphatic hydroxyl groups is 1. The first-order valence-corrected chi connectivity index (χ1v) is 11.8. The van der Waals surface area contributed by atoms with Crippen LogP contribution in [0.1, 0.15) is 62.3 Å². The lowest BCUT2D eigenvalue weighted by Gasteiger charge is -2.25. The standard InChI is InChI=1S/C25H32ClN7O2/c1-7-16(10-13(4)27)21-20-23(28)30-12-31-24(20)33(32-21)15(6)17-11-18(26)14(5)19(22(17)35-9-3)25(34)29-8-2/h7,10-12,15,25,27,29,34H,1,8-9H2,2-6H3,(H2,28,30,31)/b16-10+,27-13?. The molecule has 2 unspecified atom stereocenters. The summed E-state index contributed by atoms with van der Waals surface area (Å²) in [6.45, 7) is 14.1. The fourth-order valence-corrected chi connectivity index (χ4v) is 4.28. The van der Waals surface area contributed by atoms with Crippen LogP contribution < -0.4 is 15.8 Å². The van der Waals surface area contributed by atoms with Gasteiger partial charge in [0.05, 0.1) is 18.0 Å². The Balaban J connectivity index is 2.33. The van der Waals surface area contributed by atoms with Crippen LogP contribution in [-0.2, 0) is 0 Å². The van der Waals surface area contributed by atoms with Crippen molar-refractivity contribution < 1.29 is 9.84 Å².